The Morgan fingerprint density at radius 2 is 2.18 bits per heavy atom. The van der Waals surface area contributed by atoms with Crippen molar-refractivity contribution in [2.24, 2.45) is 5.73 Å². The van der Waals surface area contributed by atoms with Gasteiger partial charge >= 0.3 is 0 Å². The first-order valence-electron chi connectivity index (χ1n) is 7.00. The second-order valence-electron chi connectivity index (χ2n) is 5.02. The summed E-state index contributed by atoms with van der Waals surface area (Å²) >= 11 is 1.72. The van der Waals surface area contributed by atoms with Crippen molar-refractivity contribution in [2.45, 2.75) is 17.4 Å². The van der Waals surface area contributed by atoms with Crippen LogP contribution in [0, 0.1) is 0 Å². The smallest absolute Gasteiger partial charge is 0.259 e. The second kappa shape index (κ2) is 6.37. The van der Waals surface area contributed by atoms with Crippen LogP contribution in [0.25, 0.3) is 0 Å². The van der Waals surface area contributed by atoms with Gasteiger partial charge in [-0.1, -0.05) is 0 Å². The summed E-state index contributed by atoms with van der Waals surface area (Å²) < 4.78 is 5.38. The second-order valence-corrected chi connectivity index (χ2v) is 6.16. The molecular weight excluding hydrogens is 298 g/mol. The van der Waals surface area contributed by atoms with Gasteiger partial charge in [0.15, 0.2) is 0 Å². The minimum Gasteiger partial charge on any atom is -0.496 e. The van der Waals surface area contributed by atoms with Gasteiger partial charge in [0, 0.05) is 29.0 Å². The molecule has 6 heteroatoms. The number of benzene rings is 1. The molecule has 1 aliphatic rings. The van der Waals surface area contributed by atoms with E-state index in [1.807, 2.05) is 12.1 Å². The van der Waals surface area contributed by atoms with Gasteiger partial charge in [-0.15, -0.1) is 11.8 Å². The third-order valence-corrected chi connectivity index (χ3v) is 4.71. The van der Waals surface area contributed by atoms with Crippen molar-refractivity contribution in [3.8, 4) is 5.75 Å². The van der Waals surface area contributed by atoms with E-state index in [0.29, 0.717) is 17.0 Å². The van der Waals surface area contributed by atoms with Crippen LogP contribution in [0.2, 0.25) is 0 Å². The fourth-order valence-corrected chi connectivity index (χ4v) is 3.59. The van der Waals surface area contributed by atoms with Crippen LogP contribution in [-0.4, -0.2) is 23.8 Å². The largest absolute Gasteiger partial charge is 0.496 e. The van der Waals surface area contributed by atoms with E-state index in [2.05, 4.69) is 10.3 Å². The SMILES string of the molecule is COc1cc2c(cc1C(=O)Nc1ccncc1)SCCC2N. The van der Waals surface area contributed by atoms with E-state index in [1.165, 1.54) is 0 Å². The summed E-state index contributed by atoms with van der Waals surface area (Å²) in [4.78, 5) is 17.5. The first-order chi connectivity index (χ1) is 10.7. The number of nitrogens with zero attached hydrogens (tertiary/aromatic N) is 1. The van der Waals surface area contributed by atoms with Crippen LogP contribution in [-0.2, 0) is 0 Å². The predicted molar refractivity (Wildman–Crippen MR) is 87.5 cm³/mol. The molecule has 0 aliphatic carbocycles. The summed E-state index contributed by atoms with van der Waals surface area (Å²) in [5, 5.41) is 2.85. The third-order valence-electron chi connectivity index (χ3n) is 3.60. The number of hydrogen-bond donors (Lipinski definition) is 2. The maximum atomic E-state index is 12.5. The minimum absolute atomic E-state index is 0.00228. The monoisotopic (exact) mass is 315 g/mol. The quantitative estimate of drug-likeness (QED) is 0.910. The number of aromatic nitrogens is 1. The molecule has 0 spiro atoms. The van der Waals surface area contributed by atoms with Gasteiger partial charge in [-0.3, -0.25) is 9.78 Å². The fraction of sp³-hybridized carbons (Fsp3) is 0.250. The van der Waals surface area contributed by atoms with Gasteiger partial charge in [-0.05, 0) is 42.0 Å². The first kappa shape index (κ1) is 14.9. The Hall–Kier alpha value is -2.05. The summed E-state index contributed by atoms with van der Waals surface area (Å²) in [6.45, 7) is 0. The molecule has 3 rings (SSSR count). The molecule has 0 saturated carbocycles. The van der Waals surface area contributed by atoms with Gasteiger partial charge in [0.25, 0.3) is 5.91 Å². The van der Waals surface area contributed by atoms with Crippen LogP contribution in [0.1, 0.15) is 28.4 Å². The molecule has 0 fully saturated rings. The van der Waals surface area contributed by atoms with Crippen molar-refractivity contribution in [1.29, 1.82) is 0 Å². The summed E-state index contributed by atoms with van der Waals surface area (Å²) in [5.41, 5.74) is 8.40. The number of nitrogens with one attached hydrogen (secondary N) is 1. The minimum atomic E-state index is -0.203. The predicted octanol–water partition coefficient (Wildman–Crippen LogP) is 2.84. The van der Waals surface area contributed by atoms with Crippen molar-refractivity contribution >= 4 is 23.4 Å². The van der Waals surface area contributed by atoms with Crippen LogP contribution in [0.15, 0.2) is 41.6 Å². The Balaban J connectivity index is 1.94. The third kappa shape index (κ3) is 2.93. The molecule has 0 bridgehead atoms. The zero-order valence-electron chi connectivity index (χ0n) is 12.2. The van der Waals surface area contributed by atoms with E-state index in [-0.39, 0.29) is 11.9 Å². The van der Waals surface area contributed by atoms with Crippen molar-refractivity contribution in [3.05, 3.63) is 47.8 Å². The number of nitrogens with two attached hydrogens (primary N) is 1. The molecule has 22 heavy (non-hydrogen) atoms. The molecule has 1 unspecified atom stereocenters. The zero-order valence-corrected chi connectivity index (χ0v) is 13.0. The highest BCUT2D eigenvalue weighted by atomic mass is 32.2. The van der Waals surface area contributed by atoms with E-state index in [4.69, 9.17) is 10.5 Å². The standard InChI is InChI=1S/C16H17N3O2S/c1-21-14-8-11-13(17)4-7-22-15(11)9-12(14)16(20)19-10-2-5-18-6-3-10/h2-3,5-6,8-9,13H,4,7,17H2,1H3,(H,18,19,20). The Bertz CT molecular complexity index is 691. The number of thioether (sulfide) groups is 1. The number of fused-ring (bicyclic) bond motifs is 1. The Morgan fingerprint density at radius 1 is 1.41 bits per heavy atom. The molecule has 0 radical (unpaired) electrons. The molecule has 114 valence electrons. The lowest BCUT2D eigenvalue weighted by atomic mass is 10.0. The van der Waals surface area contributed by atoms with E-state index >= 15 is 0 Å². The van der Waals surface area contributed by atoms with Crippen molar-refractivity contribution < 1.29 is 9.53 Å². The molecule has 2 aromatic rings. The number of hydrogen-bond acceptors (Lipinski definition) is 5. The molecule has 3 N–H and O–H groups in total. The molecule has 1 atom stereocenters. The lowest BCUT2D eigenvalue weighted by molar-refractivity contribution is 0.102. The number of carbonyl (C=O) groups is 1. The lowest BCUT2D eigenvalue weighted by Crippen LogP contribution is -2.18. The molecular formula is C16H17N3O2S. The molecule has 2 heterocycles. The highest BCUT2D eigenvalue weighted by Gasteiger charge is 2.22. The van der Waals surface area contributed by atoms with Gasteiger partial charge < -0.3 is 15.8 Å². The van der Waals surface area contributed by atoms with Crippen molar-refractivity contribution in [3.63, 3.8) is 0 Å². The highest BCUT2D eigenvalue weighted by Crippen LogP contribution is 2.39. The fourth-order valence-electron chi connectivity index (χ4n) is 2.42. The summed E-state index contributed by atoms with van der Waals surface area (Å²) in [5.74, 6) is 1.31. The Morgan fingerprint density at radius 3 is 2.91 bits per heavy atom. The van der Waals surface area contributed by atoms with Gasteiger partial charge in [0.05, 0.1) is 12.7 Å². The van der Waals surface area contributed by atoms with Crippen LogP contribution in [0.5, 0.6) is 5.75 Å². The van der Waals surface area contributed by atoms with Crippen LogP contribution in [0.3, 0.4) is 0 Å². The van der Waals surface area contributed by atoms with Gasteiger partial charge in [0.1, 0.15) is 5.75 Å². The molecule has 1 aromatic carbocycles. The Kier molecular flexibility index (Phi) is 4.31. The average Bonchev–Trinajstić information content (AvgIpc) is 2.55. The number of anilines is 1. The molecule has 0 saturated heterocycles. The summed E-state index contributed by atoms with van der Waals surface area (Å²) in [6.07, 6.45) is 4.20. The normalized spacial score (nSPS) is 16.7. The number of ether oxygens (including phenoxy) is 1. The van der Waals surface area contributed by atoms with Crippen molar-refractivity contribution in [1.82, 2.24) is 4.98 Å². The lowest BCUT2D eigenvalue weighted by Gasteiger charge is -2.23. The summed E-state index contributed by atoms with van der Waals surface area (Å²) in [7, 11) is 1.56. The number of methoxy groups -OCH3 is 1. The van der Waals surface area contributed by atoms with Gasteiger partial charge in [-0.2, -0.15) is 0 Å². The molecule has 1 aliphatic heterocycles. The number of rotatable bonds is 3. The summed E-state index contributed by atoms with van der Waals surface area (Å²) in [6, 6.07) is 7.24. The number of pyridine rings is 1. The topological polar surface area (TPSA) is 77.2 Å². The van der Waals surface area contributed by atoms with Gasteiger partial charge in [-0.25, -0.2) is 0 Å². The number of amides is 1. The first-order valence-corrected chi connectivity index (χ1v) is 7.99. The van der Waals surface area contributed by atoms with Gasteiger partial charge in [0.2, 0.25) is 0 Å². The molecule has 1 amide bonds. The van der Waals surface area contributed by atoms with E-state index in [9.17, 15) is 4.79 Å². The highest BCUT2D eigenvalue weighted by molar-refractivity contribution is 7.99. The maximum absolute atomic E-state index is 12.5. The van der Waals surface area contributed by atoms with E-state index in [1.54, 1.807) is 43.4 Å². The van der Waals surface area contributed by atoms with Crippen LogP contribution < -0.4 is 15.8 Å². The van der Waals surface area contributed by atoms with Crippen LogP contribution in [0.4, 0.5) is 5.69 Å². The van der Waals surface area contributed by atoms with Crippen LogP contribution >= 0.6 is 11.8 Å². The molecule has 1 aromatic heterocycles. The maximum Gasteiger partial charge on any atom is 0.259 e. The Labute approximate surface area is 133 Å². The average molecular weight is 315 g/mol. The zero-order chi connectivity index (χ0) is 15.5. The van der Waals surface area contributed by atoms with E-state index in [0.717, 1.165) is 22.6 Å². The van der Waals surface area contributed by atoms with E-state index < -0.39 is 0 Å². The number of carbonyl (C=O) groups excluding carboxylic acids is 1. The van der Waals surface area contributed by atoms with Crippen molar-refractivity contribution in [2.75, 3.05) is 18.2 Å². The molecule has 5 nitrogen and oxygen atoms in total.